The largest absolute Gasteiger partial charge is 0.508 e. The summed E-state index contributed by atoms with van der Waals surface area (Å²) in [5.41, 5.74) is 0.607. The first-order valence-electron chi connectivity index (χ1n) is 5.27. The van der Waals surface area contributed by atoms with Crippen LogP contribution in [0.25, 0.3) is 0 Å². The van der Waals surface area contributed by atoms with E-state index in [-0.39, 0.29) is 10.6 Å². The molecule has 2 unspecified atom stereocenters. The van der Waals surface area contributed by atoms with Crippen molar-refractivity contribution in [2.75, 3.05) is 0 Å². The molecule has 0 saturated heterocycles. The van der Waals surface area contributed by atoms with Crippen LogP contribution in [-0.4, -0.2) is 19.0 Å². The first-order chi connectivity index (χ1) is 8.61. The number of rotatable bonds is 3. The van der Waals surface area contributed by atoms with Crippen molar-refractivity contribution in [2.45, 2.75) is 11.0 Å². The third-order valence-corrected chi connectivity index (χ3v) is 3.38. The van der Waals surface area contributed by atoms with Gasteiger partial charge in [-0.15, -0.1) is 0 Å². The molecule has 94 valence electrons. The molecule has 0 radical (unpaired) electrons. The van der Waals surface area contributed by atoms with Gasteiger partial charge in [-0.3, -0.25) is 0 Å². The number of hydrogen-bond donors (Lipinski definition) is 3. The highest BCUT2D eigenvalue weighted by atomic mass is 32.2. The van der Waals surface area contributed by atoms with Crippen LogP contribution in [-0.2, 0) is 11.1 Å². The normalized spacial score (nSPS) is 14.1. The van der Waals surface area contributed by atoms with Crippen LogP contribution in [0.2, 0.25) is 0 Å². The second kappa shape index (κ2) is 5.30. The van der Waals surface area contributed by atoms with Crippen LogP contribution in [0, 0.1) is 0 Å². The topological polar surface area (TPSA) is 77.8 Å². The van der Waals surface area contributed by atoms with Crippen molar-refractivity contribution in [2.24, 2.45) is 0 Å². The number of aromatic hydroxyl groups is 1. The van der Waals surface area contributed by atoms with Crippen molar-refractivity contribution in [1.29, 1.82) is 0 Å². The molecule has 0 spiro atoms. The maximum absolute atomic E-state index is 11.2. The Kier molecular flexibility index (Phi) is 3.76. The lowest BCUT2D eigenvalue weighted by Gasteiger charge is -2.15. The van der Waals surface area contributed by atoms with Gasteiger partial charge >= 0.3 is 0 Å². The molecule has 5 heteroatoms. The van der Waals surface area contributed by atoms with E-state index in [4.69, 9.17) is 4.55 Å². The average Bonchev–Trinajstić information content (AvgIpc) is 2.38. The summed E-state index contributed by atoms with van der Waals surface area (Å²) in [7, 11) is 0. The maximum atomic E-state index is 11.2. The molecule has 0 aromatic heterocycles. The van der Waals surface area contributed by atoms with Crippen LogP contribution in [0.15, 0.2) is 53.4 Å². The Balaban J connectivity index is 2.50. The summed E-state index contributed by atoms with van der Waals surface area (Å²) in [5, 5.41) is 19.9. The van der Waals surface area contributed by atoms with Crippen LogP contribution < -0.4 is 0 Å². The van der Waals surface area contributed by atoms with E-state index < -0.39 is 17.2 Å². The predicted molar refractivity (Wildman–Crippen MR) is 67.6 cm³/mol. The van der Waals surface area contributed by atoms with Crippen molar-refractivity contribution in [1.82, 2.24) is 0 Å². The van der Waals surface area contributed by atoms with Crippen LogP contribution in [0.5, 0.6) is 5.75 Å². The Morgan fingerprint density at radius 2 is 1.50 bits per heavy atom. The summed E-state index contributed by atoms with van der Waals surface area (Å²) < 4.78 is 20.3. The van der Waals surface area contributed by atoms with E-state index in [0.717, 1.165) is 0 Å². The van der Waals surface area contributed by atoms with Gasteiger partial charge in [0.1, 0.15) is 11.9 Å². The summed E-state index contributed by atoms with van der Waals surface area (Å²) >= 11 is -2.18. The van der Waals surface area contributed by atoms with E-state index in [1.807, 2.05) is 0 Å². The quantitative estimate of drug-likeness (QED) is 0.741. The first kappa shape index (κ1) is 12.8. The molecule has 0 aliphatic rings. The summed E-state index contributed by atoms with van der Waals surface area (Å²) in [4.78, 5) is 0.133. The number of hydrogen-bond acceptors (Lipinski definition) is 3. The van der Waals surface area contributed by atoms with Gasteiger partial charge in [0.2, 0.25) is 0 Å². The summed E-state index contributed by atoms with van der Waals surface area (Å²) in [6, 6.07) is 12.6. The van der Waals surface area contributed by atoms with E-state index in [0.29, 0.717) is 11.1 Å². The minimum absolute atomic E-state index is 0.0523. The molecule has 2 rings (SSSR count). The molecule has 0 aliphatic carbocycles. The number of phenolic OH excluding ortho intramolecular Hbond substituents is 1. The highest BCUT2D eigenvalue weighted by molar-refractivity contribution is 7.79. The van der Waals surface area contributed by atoms with Gasteiger partial charge in [0.25, 0.3) is 0 Å². The van der Waals surface area contributed by atoms with Crippen molar-refractivity contribution in [3.05, 3.63) is 59.7 Å². The second-order valence-electron chi connectivity index (χ2n) is 3.75. The van der Waals surface area contributed by atoms with Gasteiger partial charge in [-0.05, 0) is 12.1 Å². The van der Waals surface area contributed by atoms with Gasteiger partial charge in [0.05, 0.1) is 4.90 Å². The zero-order valence-electron chi connectivity index (χ0n) is 9.35. The fourth-order valence-electron chi connectivity index (χ4n) is 1.75. The van der Waals surface area contributed by atoms with Crippen molar-refractivity contribution >= 4 is 11.1 Å². The summed E-state index contributed by atoms with van der Waals surface area (Å²) in [6.45, 7) is 0. The molecular formula is C13H12O4S. The molecule has 0 saturated carbocycles. The van der Waals surface area contributed by atoms with Gasteiger partial charge in [0.15, 0.2) is 11.1 Å². The molecule has 18 heavy (non-hydrogen) atoms. The molecule has 3 N–H and O–H groups in total. The predicted octanol–water partition coefficient (Wildman–Crippen LogP) is 2.05. The lowest BCUT2D eigenvalue weighted by atomic mass is 10.0. The fraction of sp³-hybridized carbons (Fsp3) is 0.0769. The van der Waals surface area contributed by atoms with Crippen LogP contribution in [0.3, 0.4) is 0 Å². The number of phenols is 1. The molecule has 0 aliphatic heterocycles. The van der Waals surface area contributed by atoms with E-state index >= 15 is 0 Å². The van der Waals surface area contributed by atoms with Gasteiger partial charge in [-0.2, -0.15) is 0 Å². The molecule has 2 aromatic rings. The Bertz CT molecular complexity index is 583. The molecule has 2 atom stereocenters. The third kappa shape index (κ3) is 2.43. The number of aliphatic hydroxyl groups excluding tert-OH is 1. The highest BCUT2D eigenvalue weighted by Gasteiger charge is 2.19. The van der Waals surface area contributed by atoms with Crippen molar-refractivity contribution in [3.63, 3.8) is 0 Å². The molecular weight excluding hydrogens is 252 g/mol. The summed E-state index contributed by atoms with van der Waals surface area (Å²) in [5.74, 6) is -0.0523. The number of aliphatic hydroxyl groups is 1. The van der Waals surface area contributed by atoms with E-state index in [1.54, 1.807) is 36.4 Å². The molecule has 4 nitrogen and oxygen atoms in total. The van der Waals surface area contributed by atoms with Gasteiger partial charge in [-0.25, -0.2) is 4.21 Å². The van der Waals surface area contributed by atoms with Crippen molar-refractivity contribution < 1.29 is 19.0 Å². The molecule has 0 bridgehead atoms. The number of para-hydroxylation sites is 1. The zero-order valence-corrected chi connectivity index (χ0v) is 10.2. The Hall–Kier alpha value is -1.69. The first-order valence-corrected chi connectivity index (χ1v) is 6.37. The van der Waals surface area contributed by atoms with Crippen molar-refractivity contribution in [3.8, 4) is 5.75 Å². The standard InChI is InChI=1S/C13H12O4S/c14-11-7-3-1-5-9(11)13(15)10-6-2-4-8-12(10)18(16)17/h1-8,13-15H,(H,16,17). The lowest BCUT2D eigenvalue weighted by molar-refractivity contribution is 0.212. The SMILES string of the molecule is O=S(O)c1ccccc1C(O)c1ccccc1O. The van der Waals surface area contributed by atoms with E-state index in [1.165, 1.54) is 12.1 Å². The monoisotopic (exact) mass is 264 g/mol. The zero-order chi connectivity index (χ0) is 13.1. The Morgan fingerprint density at radius 3 is 2.11 bits per heavy atom. The molecule has 0 amide bonds. The minimum atomic E-state index is -2.18. The Labute approximate surface area is 107 Å². The number of benzene rings is 2. The van der Waals surface area contributed by atoms with Crippen LogP contribution in [0.4, 0.5) is 0 Å². The highest BCUT2D eigenvalue weighted by Crippen LogP contribution is 2.31. The third-order valence-electron chi connectivity index (χ3n) is 2.63. The lowest BCUT2D eigenvalue weighted by Crippen LogP contribution is -2.05. The van der Waals surface area contributed by atoms with E-state index in [9.17, 15) is 14.4 Å². The molecule has 2 aromatic carbocycles. The maximum Gasteiger partial charge on any atom is 0.186 e. The van der Waals surface area contributed by atoms with Crippen LogP contribution in [0.1, 0.15) is 17.2 Å². The average molecular weight is 264 g/mol. The molecule has 0 fully saturated rings. The Morgan fingerprint density at radius 1 is 0.944 bits per heavy atom. The fourth-order valence-corrected chi connectivity index (χ4v) is 2.33. The van der Waals surface area contributed by atoms with Gasteiger partial charge in [-0.1, -0.05) is 36.4 Å². The smallest absolute Gasteiger partial charge is 0.186 e. The summed E-state index contributed by atoms with van der Waals surface area (Å²) in [6.07, 6.45) is -1.14. The second-order valence-corrected chi connectivity index (χ2v) is 4.69. The van der Waals surface area contributed by atoms with E-state index in [2.05, 4.69) is 0 Å². The minimum Gasteiger partial charge on any atom is -0.508 e. The van der Waals surface area contributed by atoms with Crippen LogP contribution >= 0.6 is 0 Å². The molecule has 0 heterocycles. The van der Waals surface area contributed by atoms with Gasteiger partial charge in [0, 0.05) is 11.1 Å². The van der Waals surface area contributed by atoms with Gasteiger partial charge < -0.3 is 14.8 Å².